The number of nitrogens with one attached hydrogen (secondary N) is 2. The maximum absolute atomic E-state index is 12.5. The molecule has 3 aromatic rings. The van der Waals surface area contributed by atoms with Crippen LogP contribution in [0.5, 0.6) is 0 Å². The predicted octanol–water partition coefficient (Wildman–Crippen LogP) is 3.86. The molecule has 2 aromatic carbocycles. The Hall–Kier alpha value is -3.78. The Morgan fingerprint density at radius 1 is 1.03 bits per heavy atom. The summed E-state index contributed by atoms with van der Waals surface area (Å²) in [5.41, 5.74) is 2.32. The Balaban J connectivity index is 1.65. The van der Waals surface area contributed by atoms with Gasteiger partial charge in [0.25, 0.3) is 5.91 Å². The van der Waals surface area contributed by atoms with Crippen LogP contribution in [-0.4, -0.2) is 28.9 Å². The molecular weight excluding hydrogens is 414 g/mol. The first-order valence-electron chi connectivity index (χ1n) is 9.49. The Morgan fingerprint density at radius 2 is 1.68 bits per heavy atom. The van der Waals surface area contributed by atoms with Gasteiger partial charge in [0.1, 0.15) is 5.70 Å². The van der Waals surface area contributed by atoms with Crippen molar-refractivity contribution in [3.63, 3.8) is 0 Å². The van der Waals surface area contributed by atoms with Crippen molar-refractivity contribution in [2.45, 2.75) is 20.0 Å². The van der Waals surface area contributed by atoms with Gasteiger partial charge in [0, 0.05) is 17.9 Å². The number of hydrogen-bond donors (Lipinski definition) is 2. The van der Waals surface area contributed by atoms with Gasteiger partial charge in [0.15, 0.2) is 11.2 Å². The summed E-state index contributed by atoms with van der Waals surface area (Å²) < 4.78 is 5.25. The van der Waals surface area contributed by atoms with E-state index < -0.39 is 23.9 Å². The molecule has 1 heterocycles. The molecule has 0 aliphatic carbocycles. The van der Waals surface area contributed by atoms with Gasteiger partial charge in [0.05, 0.1) is 5.69 Å². The zero-order chi connectivity index (χ0) is 22.2. The summed E-state index contributed by atoms with van der Waals surface area (Å²) in [5, 5.41) is 7.33. The number of amides is 2. The molecule has 1 aromatic heterocycles. The van der Waals surface area contributed by atoms with Crippen molar-refractivity contribution >= 4 is 40.3 Å². The first kappa shape index (κ1) is 21.9. The topological polar surface area (TPSA) is 97.4 Å². The summed E-state index contributed by atoms with van der Waals surface area (Å²) in [7, 11) is 0. The molecule has 1 unspecified atom stereocenters. The summed E-state index contributed by atoms with van der Waals surface area (Å²) in [5.74, 6) is -1.76. The van der Waals surface area contributed by atoms with E-state index in [2.05, 4.69) is 15.6 Å². The summed E-state index contributed by atoms with van der Waals surface area (Å²) in [4.78, 5) is 40.9. The van der Waals surface area contributed by atoms with E-state index in [1.54, 1.807) is 24.3 Å². The fourth-order valence-electron chi connectivity index (χ4n) is 2.61. The smallest absolute Gasteiger partial charge is 0.355 e. The fourth-order valence-corrected chi connectivity index (χ4v) is 3.33. The van der Waals surface area contributed by atoms with Crippen LogP contribution in [0, 0.1) is 0 Å². The van der Waals surface area contributed by atoms with E-state index >= 15 is 0 Å². The molecule has 1 atom stereocenters. The molecule has 158 valence electrons. The molecule has 3 rings (SSSR count). The highest BCUT2D eigenvalue weighted by Gasteiger charge is 2.22. The van der Waals surface area contributed by atoms with E-state index in [-0.39, 0.29) is 5.70 Å². The first-order valence-corrected chi connectivity index (χ1v) is 10.4. The maximum atomic E-state index is 12.5. The average Bonchev–Trinajstić information content (AvgIpc) is 3.22. The predicted molar refractivity (Wildman–Crippen MR) is 120 cm³/mol. The van der Waals surface area contributed by atoms with Crippen molar-refractivity contribution in [2.24, 2.45) is 0 Å². The minimum absolute atomic E-state index is 0.0565. The number of carbonyl (C=O) groups is 3. The summed E-state index contributed by atoms with van der Waals surface area (Å²) >= 11 is 1.27. The molecule has 0 bridgehead atoms. The molecule has 0 spiro atoms. The lowest BCUT2D eigenvalue weighted by Gasteiger charge is -2.14. The van der Waals surface area contributed by atoms with Crippen molar-refractivity contribution in [1.29, 1.82) is 0 Å². The molecule has 0 radical (unpaired) electrons. The zero-order valence-electron chi connectivity index (χ0n) is 17.0. The highest BCUT2D eigenvalue weighted by atomic mass is 32.1. The van der Waals surface area contributed by atoms with Crippen molar-refractivity contribution < 1.29 is 19.1 Å². The molecule has 0 saturated carbocycles. The number of anilines is 1. The van der Waals surface area contributed by atoms with Crippen LogP contribution in [-0.2, 0) is 19.1 Å². The number of rotatable bonds is 7. The van der Waals surface area contributed by atoms with Gasteiger partial charge in [0.2, 0.25) is 5.91 Å². The number of benzene rings is 2. The molecule has 0 saturated heterocycles. The third-order valence-electron chi connectivity index (χ3n) is 4.10. The second kappa shape index (κ2) is 10.3. The molecule has 2 amide bonds. The lowest BCUT2D eigenvalue weighted by atomic mass is 10.2. The van der Waals surface area contributed by atoms with Crippen LogP contribution in [0.4, 0.5) is 5.13 Å². The van der Waals surface area contributed by atoms with E-state index in [0.29, 0.717) is 10.7 Å². The van der Waals surface area contributed by atoms with Gasteiger partial charge in [-0.2, -0.15) is 0 Å². The average molecular weight is 436 g/mol. The van der Waals surface area contributed by atoms with E-state index in [9.17, 15) is 14.4 Å². The number of ether oxygens (including phenoxy) is 1. The van der Waals surface area contributed by atoms with E-state index in [0.717, 1.165) is 11.3 Å². The van der Waals surface area contributed by atoms with Crippen LogP contribution in [0.1, 0.15) is 19.4 Å². The largest absolute Gasteiger partial charge is 0.448 e. The normalized spacial score (nSPS) is 12.0. The van der Waals surface area contributed by atoms with Gasteiger partial charge in [-0.05, 0) is 18.6 Å². The molecule has 0 aliphatic heterocycles. The lowest BCUT2D eigenvalue weighted by Crippen LogP contribution is -2.33. The van der Waals surface area contributed by atoms with Crippen molar-refractivity contribution in [1.82, 2.24) is 10.3 Å². The maximum Gasteiger partial charge on any atom is 0.355 e. The molecule has 2 N–H and O–H groups in total. The number of thiazole rings is 1. The lowest BCUT2D eigenvalue weighted by molar-refractivity contribution is -0.149. The highest BCUT2D eigenvalue weighted by Crippen LogP contribution is 2.24. The minimum atomic E-state index is -1.09. The minimum Gasteiger partial charge on any atom is -0.448 e. The molecule has 8 heteroatoms. The standard InChI is InChI=1S/C23H21N3O4S/c1-15(21(28)26-23-25-20(14-31-23)18-11-7-4-8-12-18)30-22(29)19(24-16(2)27)13-17-9-5-3-6-10-17/h3-15H,1-2H3,(H,24,27)(H,25,26,28)/b19-13+. The van der Waals surface area contributed by atoms with E-state index in [1.165, 1.54) is 31.3 Å². The number of hydrogen-bond acceptors (Lipinski definition) is 6. The summed E-state index contributed by atoms with van der Waals surface area (Å²) in [6, 6.07) is 18.6. The highest BCUT2D eigenvalue weighted by molar-refractivity contribution is 7.14. The van der Waals surface area contributed by atoms with E-state index in [1.807, 2.05) is 41.8 Å². The SMILES string of the molecule is CC(=O)N/C(=C/c1ccccc1)C(=O)OC(C)C(=O)Nc1nc(-c2ccccc2)cs1. The number of carbonyl (C=O) groups excluding carboxylic acids is 3. The monoisotopic (exact) mass is 435 g/mol. The Bertz CT molecular complexity index is 1090. The van der Waals surface area contributed by atoms with Crippen LogP contribution >= 0.6 is 11.3 Å². The molecule has 7 nitrogen and oxygen atoms in total. The van der Waals surface area contributed by atoms with Crippen LogP contribution < -0.4 is 10.6 Å². The van der Waals surface area contributed by atoms with Gasteiger partial charge in [-0.15, -0.1) is 11.3 Å². The van der Waals surface area contributed by atoms with Gasteiger partial charge in [-0.3, -0.25) is 14.9 Å². The Kier molecular flexibility index (Phi) is 7.29. The molecular formula is C23H21N3O4S. The van der Waals surface area contributed by atoms with Gasteiger partial charge < -0.3 is 10.1 Å². The molecule has 31 heavy (non-hydrogen) atoms. The van der Waals surface area contributed by atoms with Crippen molar-refractivity contribution in [3.05, 3.63) is 77.3 Å². The van der Waals surface area contributed by atoms with Crippen molar-refractivity contribution in [3.8, 4) is 11.3 Å². The van der Waals surface area contributed by atoms with Crippen LogP contribution in [0.3, 0.4) is 0 Å². The van der Waals surface area contributed by atoms with Crippen molar-refractivity contribution in [2.75, 3.05) is 5.32 Å². The quantitative estimate of drug-likeness (QED) is 0.434. The number of esters is 1. The van der Waals surface area contributed by atoms with Gasteiger partial charge >= 0.3 is 5.97 Å². The third kappa shape index (κ3) is 6.35. The Morgan fingerprint density at radius 3 is 2.32 bits per heavy atom. The van der Waals surface area contributed by atoms with Gasteiger partial charge in [-0.25, -0.2) is 9.78 Å². The Labute approximate surface area is 183 Å². The van der Waals surface area contributed by atoms with Crippen LogP contribution in [0.15, 0.2) is 71.7 Å². The zero-order valence-corrected chi connectivity index (χ0v) is 17.8. The van der Waals surface area contributed by atoms with Crippen LogP contribution in [0.2, 0.25) is 0 Å². The van der Waals surface area contributed by atoms with Crippen LogP contribution in [0.25, 0.3) is 17.3 Å². The number of aromatic nitrogens is 1. The summed E-state index contributed by atoms with van der Waals surface area (Å²) in [6.07, 6.45) is 0.394. The molecule has 0 fully saturated rings. The summed E-state index contributed by atoms with van der Waals surface area (Å²) in [6.45, 7) is 2.74. The number of nitrogens with zero attached hydrogens (tertiary/aromatic N) is 1. The van der Waals surface area contributed by atoms with E-state index in [4.69, 9.17) is 4.74 Å². The fraction of sp³-hybridized carbons (Fsp3) is 0.130. The second-order valence-electron chi connectivity index (χ2n) is 6.59. The molecule has 0 aliphatic rings. The van der Waals surface area contributed by atoms with Gasteiger partial charge in [-0.1, -0.05) is 60.7 Å². The second-order valence-corrected chi connectivity index (χ2v) is 7.45. The first-order chi connectivity index (χ1) is 14.9. The third-order valence-corrected chi connectivity index (χ3v) is 4.86.